The molecule has 0 aliphatic carbocycles. The van der Waals surface area contributed by atoms with Crippen LogP contribution in [0, 0.1) is 11.8 Å². The predicted molar refractivity (Wildman–Crippen MR) is 51.6 cm³/mol. The number of hydrogen-bond donors (Lipinski definition) is 4. The molecule has 0 aromatic rings. The van der Waals surface area contributed by atoms with Gasteiger partial charge in [-0.15, -0.1) is 0 Å². The lowest BCUT2D eigenvalue weighted by Crippen LogP contribution is -2.36. The van der Waals surface area contributed by atoms with Crippen molar-refractivity contribution >= 4 is 23.9 Å². The van der Waals surface area contributed by atoms with E-state index in [-0.39, 0.29) is 0 Å². The maximum Gasteiger partial charge on any atom is 0.325 e. The summed E-state index contributed by atoms with van der Waals surface area (Å²) in [6, 6.07) is 0. The summed E-state index contributed by atoms with van der Waals surface area (Å²) in [6.45, 7) is 0. The predicted octanol–water partition coefficient (Wildman–Crippen LogP) is -1.23. The Balaban J connectivity index is 2.87. The third-order valence-corrected chi connectivity index (χ3v) is 2.15. The van der Waals surface area contributed by atoms with Gasteiger partial charge in [0.25, 0.3) is 6.29 Å². The van der Waals surface area contributed by atoms with Crippen LogP contribution in [0.4, 0.5) is 0 Å². The van der Waals surface area contributed by atoms with Gasteiger partial charge in [0, 0.05) is 0 Å². The monoisotopic (exact) mass is 276 g/mol. The summed E-state index contributed by atoms with van der Waals surface area (Å²) >= 11 is 0. The summed E-state index contributed by atoms with van der Waals surface area (Å²) in [5.41, 5.74) is 0. The van der Waals surface area contributed by atoms with Gasteiger partial charge in [0.2, 0.25) is 11.8 Å². The molecule has 10 heteroatoms. The van der Waals surface area contributed by atoms with Crippen molar-refractivity contribution in [1.29, 1.82) is 0 Å². The van der Waals surface area contributed by atoms with Gasteiger partial charge < -0.3 is 29.9 Å². The van der Waals surface area contributed by atoms with Gasteiger partial charge >= 0.3 is 23.9 Å². The molecule has 0 bridgehead atoms. The standard InChI is InChI=1S/C9H8O10/c10-5(11)3(6(12)13)2-1-18-9(19-2)4(7(14)15)8(16)17/h1,3-4,9H,(H,10,11)(H,12,13)(H,14,15)(H,16,17). The molecule has 0 saturated carbocycles. The fourth-order valence-electron chi connectivity index (χ4n) is 1.29. The van der Waals surface area contributed by atoms with Crippen molar-refractivity contribution in [1.82, 2.24) is 0 Å². The molecule has 0 spiro atoms. The molecule has 1 heterocycles. The van der Waals surface area contributed by atoms with Crippen LogP contribution < -0.4 is 0 Å². The molecular formula is C9H8O10. The Kier molecular flexibility index (Phi) is 3.94. The Labute approximate surface area is 104 Å². The van der Waals surface area contributed by atoms with Crippen molar-refractivity contribution in [2.24, 2.45) is 11.8 Å². The van der Waals surface area contributed by atoms with E-state index in [0.29, 0.717) is 6.26 Å². The molecule has 1 atom stereocenters. The molecule has 0 radical (unpaired) electrons. The number of rotatable bonds is 6. The molecule has 0 amide bonds. The van der Waals surface area contributed by atoms with Crippen LogP contribution >= 0.6 is 0 Å². The second-order valence-corrected chi connectivity index (χ2v) is 3.41. The number of carbonyl (C=O) groups is 4. The lowest BCUT2D eigenvalue weighted by molar-refractivity contribution is -0.172. The maximum absolute atomic E-state index is 10.7. The number of hydrogen-bond acceptors (Lipinski definition) is 6. The minimum Gasteiger partial charge on any atom is -0.480 e. The van der Waals surface area contributed by atoms with Gasteiger partial charge in [-0.2, -0.15) is 0 Å². The van der Waals surface area contributed by atoms with Crippen LogP contribution in [0.15, 0.2) is 12.0 Å². The average Bonchev–Trinajstić information content (AvgIpc) is 2.64. The highest BCUT2D eigenvalue weighted by molar-refractivity contribution is 5.96. The zero-order chi connectivity index (χ0) is 14.7. The zero-order valence-corrected chi connectivity index (χ0v) is 9.05. The summed E-state index contributed by atoms with van der Waals surface area (Å²) in [6.07, 6.45) is -1.25. The van der Waals surface area contributed by atoms with Crippen LogP contribution in [-0.4, -0.2) is 50.6 Å². The molecule has 0 fully saturated rings. The molecule has 0 aromatic carbocycles. The van der Waals surface area contributed by atoms with E-state index in [1.165, 1.54) is 0 Å². The van der Waals surface area contributed by atoms with E-state index >= 15 is 0 Å². The third kappa shape index (κ3) is 2.91. The number of aliphatic carboxylic acids is 4. The Morgan fingerprint density at radius 1 is 0.947 bits per heavy atom. The number of ether oxygens (including phenoxy) is 2. The largest absolute Gasteiger partial charge is 0.480 e. The quantitative estimate of drug-likeness (QED) is 0.431. The molecule has 1 aliphatic rings. The van der Waals surface area contributed by atoms with Gasteiger partial charge in [0.1, 0.15) is 6.26 Å². The SMILES string of the molecule is O=C(O)C(C(=O)O)C1=COC(C(C(=O)O)C(=O)O)O1. The Morgan fingerprint density at radius 3 is 1.79 bits per heavy atom. The van der Waals surface area contributed by atoms with Gasteiger partial charge in [-0.3, -0.25) is 19.2 Å². The molecule has 1 aliphatic heterocycles. The van der Waals surface area contributed by atoms with Crippen LogP contribution in [0.5, 0.6) is 0 Å². The first-order valence-electron chi connectivity index (χ1n) is 4.69. The van der Waals surface area contributed by atoms with E-state index in [9.17, 15) is 19.2 Å². The summed E-state index contributed by atoms with van der Waals surface area (Å²) in [5.74, 6) is -12.0. The molecule has 0 saturated heterocycles. The normalized spacial score (nSPS) is 17.6. The first-order chi connectivity index (χ1) is 8.75. The Morgan fingerprint density at radius 2 is 1.42 bits per heavy atom. The topological polar surface area (TPSA) is 168 Å². The molecule has 1 unspecified atom stereocenters. The van der Waals surface area contributed by atoms with E-state index in [2.05, 4.69) is 9.47 Å². The second-order valence-electron chi connectivity index (χ2n) is 3.41. The van der Waals surface area contributed by atoms with Crippen molar-refractivity contribution in [2.75, 3.05) is 0 Å². The fourth-order valence-corrected chi connectivity index (χ4v) is 1.29. The van der Waals surface area contributed by atoms with Crippen LogP contribution in [0.1, 0.15) is 0 Å². The van der Waals surface area contributed by atoms with E-state index < -0.39 is 47.8 Å². The fraction of sp³-hybridized carbons (Fsp3) is 0.333. The summed E-state index contributed by atoms with van der Waals surface area (Å²) < 4.78 is 9.21. The summed E-state index contributed by atoms with van der Waals surface area (Å²) in [4.78, 5) is 42.7. The van der Waals surface area contributed by atoms with Gasteiger partial charge in [-0.05, 0) is 0 Å². The van der Waals surface area contributed by atoms with Gasteiger partial charge in [0.15, 0.2) is 5.76 Å². The van der Waals surface area contributed by atoms with Crippen molar-refractivity contribution < 1.29 is 49.1 Å². The molecule has 104 valence electrons. The van der Waals surface area contributed by atoms with Gasteiger partial charge in [-0.1, -0.05) is 0 Å². The first-order valence-corrected chi connectivity index (χ1v) is 4.69. The molecule has 1 rings (SSSR count). The van der Waals surface area contributed by atoms with Crippen molar-refractivity contribution in [3.8, 4) is 0 Å². The van der Waals surface area contributed by atoms with Crippen molar-refractivity contribution in [3.05, 3.63) is 12.0 Å². The molecule has 4 N–H and O–H groups in total. The minimum absolute atomic E-state index is 0.580. The Bertz CT molecular complexity index is 436. The lowest BCUT2D eigenvalue weighted by Gasteiger charge is -2.16. The summed E-state index contributed by atoms with van der Waals surface area (Å²) in [5, 5.41) is 34.6. The highest BCUT2D eigenvalue weighted by atomic mass is 16.7. The highest BCUT2D eigenvalue weighted by Crippen LogP contribution is 2.27. The number of carboxylic acid groups (broad SMARTS) is 4. The molecule has 0 aromatic heterocycles. The zero-order valence-electron chi connectivity index (χ0n) is 9.05. The van der Waals surface area contributed by atoms with E-state index in [1.54, 1.807) is 0 Å². The van der Waals surface area contributed by atoms with E-state index in [4.69, 9.17) is 20.4 Å². The Hall–Kier alpha value is -2.78. The first kappa shape index (κ1) is 14.3. The summed E-state index contributed by atoms with van der Waals surface area (Å²) in [7, 11) is 0. The maximum atomic E-state index is 10.7. The third-order valence-electron chi connectivity index (χ3n) is 2.15. The van der Waals surface area contributed by atoms with E-state index in [0.717, 1.165) is 0 Å². The highest BCUT2D eigenvalue weighted by Gasteiger charge is 2.44. The lowest BCUT2D eigenvalue weighted by atomic mass is 10.1. The molecular weight excluding hydrogens is 268 g/mol. The van der Waals surface area contributed by atoms with Crippen molar-refractivity contribution in [3.63, 3.8) is 0 Å². The van der Waals surface area contributed by atoms with E-state index in [1.807, 2.05) is 0 Å². The number of carboxylic acids is 4. The van der Waals surface area contributed by atoms with Crippen LogP contribution in [0.25, 0.3) is 0 Å². The van der Waals surface area contributed by atoms with Crippen LogP contribution in [0.3, 0.4) is 0 Å². The van der Waals surface area contributed by atoms with Crippen LogP contribution in [-0.2, 0) is 28.7 Å². The van der Waals surface area contributed by atoms with Crippen molar-refractivity contribution in [2.45, 2.75) is 6.29 Å². The van der Waals surface area contributed by atoms with Gasteiger partial charge in [0.05, 0.1) is 0 Å². The van der Waals surface area contributed by atoms with Crippen LogP contribution in [0.2, 0.25) is 0 Å². The molecule has 19 heavy (non-hydrogen) atoms. The molecule has 10 nitrogen and oxygen atoms in total. The smallest absolute Gasteiger partial charge is 0.325 e. The minimum atomic E-state index is -2.11. The average molecular weight is 276 g/mol. The van der Waals surface area contributed by atoms with Gasteiger partial charge in [-0.25, -0.2) is 0 Å². The second kappa shape index (κ2) is 5.25.